The van der Waals surface area contributed by atoms with Gasteiger partial charge in [-0.1, -0.05) is 19.3 Å². The molecule has 2 amide bonds. The lowest BCUT2D eigenvalue weighted by molar-refractivity contribution is -0.143. The number of nitrogens with one attached hydrogen (secondary N) is 1. The van der Waals surface area contributed by atoms with Crippen molar-refractivity contribution in [3.05, 3.63) is 0 Å². The molecule has 24 heavy (non-hydrogen) atoms. The van der Waals surface area contributed by atoms with Gasteiger partial charge < -0.3 is 19.9 Å². The van der Waals surface area contributed by atoms with Gasteiger partial charge >= 0.3 is 0 Å². The third kappa shape index (κ3) is 5.07. The summed E-state index contributed by atoms with van der Waals surface area (Å²) in [6, 6.07) is 0.137. The molecule has 0 spiro atoms. The fourth-order valence-electron chi connectivity index (χ4n) is 3.87. The second-order valence-corrected chi connectivity index (χ2v) is 6.97. The third-order valence-corrected chi connectivity index (χ3v) is 5.32. The van der Waals surface area contributed by atoms with Crippen LogP contribution in [0.15, 0.2) is 0 Å². The van der Waals surface area contributed by atoms with Crippen LogP contribution in [0.2, 0.25) is 0 Å². The minimum Gasteiger partial charge on any atom is -0.378 e. The van der Waals surface area contributed by atoms with Gasteiger partial charge in [-0.25, -0.2) is 0 Å². The SMILES string of the molecule is Cl.O=C(CC1COCCN1)N1CCN(C(=O)C2CCCCC2)CC1. The summed E-state index contributed by atoms with van der Waals surface area (Å²) in [6.45, 7) is 4.89. The van der Waals surface area contributed by atoms with Crippen molar-refractivity contribution in [2.75, 3.05) is 45.9 Å². The zero-order valence-corrected chi connectivity index (χ0v) is 15.2. The molecule has 2 aliphatic heterocycles. The number of ether oxygens (including phenoxy) is 1. The molecule has 1 saturated carbocycles. The monoisotopic (exact) mass is 359 g/mol. The first kappa shape index (κ1) is 19.5. The summed E-state index contributed by atoms with van der Waals surface area (Å²) in [6.07, 6.45) is 6.23. The molecule has 1 unspecified atom stereocenters. The van der Waals surface area contributed by atoms with E-state index in [0.717, 1.165) is 26.0 Å². The fourth-order valence-corrected chi connectivity index (χ4v) is 3.87. The molecule has 7 heteroatoms. The fraction of sp³-hybridized carbons (Fsp3) is 0.882. The quantitative estimate of drug-likeness (QED) is 0.817. The standard InChI is InChI=1S/C17H29N3O3.ClH/c21-16(12-15-13-23-11-6-18-15)19-7-9-20(10-8-19)17(22)14-4-2-1-3-5-14;/h14-15,18H,1-13H2;1H. The van der Waals surface area contributed by atoms with Crippen molar-refractivity contribution in [3.8, 4) is 0 Å². The van der Waals surface area contributed by atoms with Gasteiger partial charge in [0.2, 0.25) is 11.8 Å². The van der Waals surface area contributed by atoms with Crippen molar-refractivity contribution in [2.24, 2.45) is 5.92 Å². The van der Waals surface area contributed by atoms with E-state index >= 15 is 0 Å². The van der Waals surface area contributed by atoms with E-state index in [1.165, 1.54) is 19.3 Å². The maximum absolute atomic E-state index is 12.5. The first-order valence-corrected chi connectivity index (χ1v) is 9.12. The summed E-state index contributed by atoms with van der Waals surface area (Å²) < 4.78 is 5.40. The highest BCUT2D eigenvalue weighted by Crippen LogP contribution is 2.25. The average molecular weight is 360 g/mol. The number of hydrogen-bond acceptors (Lipinski definition) is 4. The van der Waals surface area contributed by atoms with Crippen LogP contribution in [0.4, 0.5) is 0 Å². The molecule has 0 bridgehead atoms. The third-order valence-electron chi connectivity index (χ3n) is 5.32. The number of morpholine rings is 1. The molecular weight excluding hydrogens is 330 g/mol. The van der Waals surface area contributed by atoms with Gasteiger partial charge in [-0.3, -0.25) is 9.59 Å². The van der Waals surface area contributed by atoms with Gasteiger partial charge in [-0.2, -0.15) is 0 Å². The first-order valence-electron chi connectivity index (χ1n) is 9.12. The van der Waals surface area contributed by atoms with E-state index in [4.69, 9.17) is 4.74 Å². The Hall–Kier alpha value is -0.850. The number of amides is 2. The van der Waals surface area contributed by atoms with Crippen LogP contribution in [0.5, 0.6) is 0 Å². The molecule has 1 aliphatic carbocycles. The highest BCUT2D eigenvalue weighted by molar-refractivity contribution is 5.85. The van der Waals surface area contributed by atoms with Gasteiger partial charge in [-0.05, 0) is 12.8 Å². The Kier molecular flexibility index (Phi) is 7.78. The number of piperazine rings is 1. The van der Waals surface area contributed by atoms with E-state index in [1.54, 1.807) is 0 Å². The van der Waals surface area contributed by atoms with Crippen LogP contribution in [0.1, 0.15) is 38.5 Å². The van der Waals surface area contributed by atoms with E-state index < -0.39 is 0 Å². The van der Waals surface area contributed by atoms with Crippen LogP contribution in [0, 0.1) is 5.92 Å². The molecule has 0 aromatic heterocycles. The Morgan fingerprint density at radius 2 is 1.67 bits per heavy atom. The lowest BCUT2D eigenvalue weighted by atomic mass is 9.88. The summed E-state index contributed by atoms with van der Waals surface area (Å²) in [5.74, 6) is 0.728. The predicted molar refractivity (Wildman–Crippen MR) is 94.2 cm³/mol. The molecular formula is C17H30ClN3O3. The minimum atomic E-state index is 0. The highest BCUT2D eigenvalue weighted by Gasteiger charge is 2.30. The Balaban J connectivity index is 0.00000208. The van der Waals surface area contributed by atoms with Crippen LogP contribution in [0.25, 0.3) is 0 Å². The molecule has 2 heterocycles. The number of nitrogens with zero attached hydrogens (tertiary/aromatic N) is 2. The van der Waals surface area contributed by atoms with Crippen LogP contribution in [-0.4, -0.2) is 73.6 Å². The summed E-state index contributed by atoms with van der Waals surface area (Å²) in [5.41, 5.74) is 0. The summed E-state index contributed by atoms with van der Waals surface area (Å²) >= 11 is 0. The Morgan fingerprint density at radius 3 is 2.29 bits per heavy atom. The van der Waals surface area contributed by atoms with Crippen LogP contribution in [-0.2, 0) is 14.3 Å². The summed E-state index contributed by atoms with van der Waals surface area (Å²) in [4.78, 5) is 28.8. The Morgan fingerprint density at radius 1 is 1.00 bits per heavy atom. The van der Waals surface area contributed by atoms with Crippen molar-refractivity contribution >= 4 is 24.2 Å². The molecule has 2 saturated heterocycles. The molecule has 3 rings (SSSR count). The van der Waals surface area contributed by atoms with Crippen LogP contribution < -0.4 is 5.32 Å². The van der Waals surface area contributed by atoms with Crippen LogP contribution >= 0.6 is 12.4 Å². The summed E-state index contributed by atoms with van der Waals surface area (Å²) in [5, 5.41) is 3.32. The topological polar surface area (TPSA) is 61.9 Å². The lowest BCUT2D eigenvalue weighted by Gasteiger charge is -2.37. The maximum atomic E-state index is 12.5. The van der Waals surface area contributed by atoms with Gasteiger partial charge in [0.1, 0.15) is 0 Å². The van der Waals surface area contributed by atoms with Gasteiger partial charge in [0.25, 0.3) is 0 Å². The predicted octanol–water partition coefficient (Wildman–Crippen LogP) is 1.04. The second kappa shape index (κ2) is 9.59. The number of halogens is 1. The van der Waals surface area contributed by atoms with Crippen molar-refractivity contribution in [1.29, 1.82) is 0 Å². The van der Waals surface area contributed by atoms with Crippen molar-refractivity contribution in [3.63, 3.8) is 0 Å². The molecule has 6 nitrogen and oxygen atoms in total. The van der Waals surface area contributed by atoms with Crippen LogP contribution in [0.3, 0.4) is 0 Å². The number of rotatable bonds is 3. The molecule has 0 radical (unpaired) electrons. The number of carbonyl (C=O) groups excluding carboxylic acids is 2. The van der Waals surface area contributed by atoms with Gasteiger partial charge in [0.05, 0.1) is 13.2 Å². The molecule has 0 aromatic carbocycles. The minimum absolute atomic E-state index is 0. The van der Waals surface area contributed by atoms with E-state index in [-0.39, 0.29) is 30.3 Å². The Bertz CT molecular complexity index is 415. The van der Waals surface area contributed by atoms with E-state index in [1.807, 2.05) is 9.80 Å². The molecule has 1 atom stereocenters. The average Bonchev–Trinajstić information content (AvgIpc) is 2.63. The lowest BCUT2D eigenvalue weighted by Crippen LogP contribution is -2.53. The van der Waals surface area contributed by atoms with Crippen molar-refractivity contribution in [2.45, 2.75) is 44.6 Å². The van der Waals surface area contributed by atoms with Gasteiger partial charge in [0.15, 0.2) is 0 Å². The zero-order chi connectivity index (χ0) is 16.1. The van der Waals surface area contributed by atoms with E-state index in [9.17, 15) is 9.59 Å². The number of hydrogen-bond donors (Lipinski definition) is 1. The van der Waals surface area contributed by atoms with Crippen molar-refractivity contribution < 1.29 is 14.3 Å². The van der Waals surface area contributed by atoms with Gasteiger partial charge in [0, 0.05) is 51.1 Å². The molecule has 1 N–H and O–H groups in total. The van der Waals surface area contributed by atoms with E-state index in [0.29, 0.717) is 45.1 Å². The maximum Gasteiger partial charge on any atom is 0.225 e. The first-order chi connectivity index (χ1) is 11.2. The van der Waals surface area contributed by atoms with Gasteiger partial charge in [-0.15, -0.1) is 12.4 Å². The summed E-state index contributed by atoms with van der Waals surface area (Å²) in [7, 11) is 0. The smallest absolute Gasteiger partial charge is 0.225 e. The Labute approximate surface area is 150 Å². The zero-order valence-electron chi connectivity index (χ0n) is 14.4. The molecule has 138 valence electrons. The highest BCUT2D eigenvalue weighted by atomic mass is 35.5. The number of carbonyl (C=O) groups is 2. The van der Waals surface area contributed by atoms with Crippen molar-refractivity contribution in [1.82, 2.24) is 15.1 Å². The van der Waals surface area contributed by atoms with E-state index in [2.05, 4.69) is 5.32 Å². The largest absolute Gasteiger partial charge is 0.378 e. The second-order valence-electron chi connectivity index (χ2n) is 6.97. The molecule has 0 aromatic rings. The molecule has 3 fully saturated rings. The normalized spacial score (nSPS) is 25.9. The molecule has 3 aliphatic rings.